The van der Waals surface area contributed by atoms with Crippen molar-refractivity contribution in [2.45, 2.75) is 52.1 Å². The fourth-order valence-corrected chi connectivity index (χ4v) is 6.97. The summed E-state index contributed by atoms with van der Waals surface area (Å²) in [6.07, 6.45) is 6.52. The number of carbonyl (C=O) groups excluding carboxylic acids is 1. The molecule has 1 saturated heterocycles. The van der Waals surface area contributed by atoms with Crippen molar-refractivity contribution in [3.63, 3.8) is 0 Å². The lowest BCUT2D eigenvalue weighted by Crippen LogP contribution is -2.44. The van der Waals surface area contributed by atoms with Crippen molar-refractivity contribution >= 4 is 45.5 Å². The van der Waals surface area contributed by atoms with E-state index in [0.717, 1.165) is 57.8 Å². The van der Waals surface area contributed by atoms with Gasteiger partial charge in [0.05, 0.1) is 10.6 Å². The zero-order valence-electron chi connectivity index (χ0n) is 22.3. The topological polar surface area (TPSA) is 37.6 Å². The van der Waals surface area contributed by atoms with Crippen molar-refractivity contribution in [2.24, 2.45) is 10.9 Å². The Labute approximate surface area is 233 Å². The molecule has 0 N–H and O–H groups in total. The molecular weight excluding hydrogens is 505 g/mol. The third-order valence-corrected chi connectivity index (χ3v) is 8.98. The van der Waals surface area contributed by atoms with Gasteiger partial charge in [-0.15, -0.1) is 0 Å². The maximum atomic E-state index is 14.0. The summed E-state index contributed by atoms with van der Waals surface area (Å²) in [6.45, 7) is 4.89. The molecule has 39 heavy (non-hydrogen) atoms. The van der Waals surface area contributed by atoms with E-state index >= 15 is 0 Å². The highest BCUT2D eigenvalue weighted by Gasteiger charge is 2.41. The number of halogens is 1. The van der Waals surface area contributed by atoms with E-state index in [-0.39, 0.29) is 17.8 Å². The van der Waals surface area contributed by atoms with Crippen molar-refractivity contribution in [1.29, 1.82) is 0 Å². The van der Waals surface area contributed by atoms with Gasteiger partial charge in [0.1, 0.15) is 5.82 Å². The first-order valence-corrected chi connectivity index (χ1v) is 14.5. The van der Waals surface area contributed by atoms with Gasteiger partial charge in [-0.1, -0.05) is 68.3 Å². The molecule has 0 spiro atoms. The van der Waals surface area contributed by atoms with Crippen LogP contribution in [0.3, 0.4) is 0 Å². The highest BCUT2D eigenvalue weighted by Crippen LogP contribution is 2.41. The quantitative estimate of drug-likeness (QED) is 0.240. The number of aromatic nitrogens is 1. The van der Waals surface area contributed by atoms with Gasteiger partial charge in [0.25, 0.3) is 5.91 Å². The minimum Gasteiger partial charge on any atom is -0.340 e. The first-order valence-electron chi connectivity index (χ1n) is 13.7. The number of benzene rings is 3. The molecule has 2 aliphatic rings. The molecule has 1 aromatic heterocycles. The van der Waals surface area contributed by atoms with Gasteiger partial charge in [0.2, 0.25) is 0 Å². The van der Waals surface area contributed by atoms with E-state index in [1.807, 2.05) is 59.5 Å². The van der Waals surface area contributed by atoms with E-state index in [1.54, 1.807) is 12.1 Å². The molecule has 1 aliphatic heterocycles. The Morgan fingerprint density at radius 3 is 2.56 bits per heavy atom. The van der Waals surface area contributed by atoms with Gasteiger partial charge in [0, 0.05) is 34.7 Å². The number of aliphatic imine (C=N–C) groups is 1. The van der Waals surface area contributed by atoms with Crippen LogP contribution in [0, 0.1) is 18.7 Å². The number of nitrogens with zero attached hydrogens (tertiary/aromatic N) is 3. The molecule has 0 unspecified atom stereocenters. The van der Waals surface area contributed by atoms with Gasteiger partial charge in [-0.2, -0.15) is 0 Å². The molecule has 4 aromatic rings. The van der Waals surface area contributed by atoms with E-state index in [2.05, 4.69) is 30.5 Å². The average Bonchev–Trinajstić information content (AvgIpc) is 3.38. The van der Waals surface area contributed by atoms with Crippen molar-refractivity contribution in [2.75, 3.05) is 0 Å². The lowest BCUT2D eigenvalue weighted by Gasteiger charge is -2.35. The molecule has 3 aromatic carbocycles. The zero-order valence-corrected chi connectivity index (χ0v) is 23.1. The van der Waals surface area contributed by atoms with Crippen molar-refractivity contribution in [1.82, 2.24) is 9.47 Å². The van der Waals surface area contributed by atoms with Crippen LogP contribution in [0.4, 0.5) is 10.1 Å². The van der Waals surface area contributed by atoms with E-state index in [0.29, 0.717) is 17.4 Å². The predicted octanol–water partition coefficient (Wildman–Crippen LogP) is 8.32. The summed E-state index contributed by atoms with van der Waals surface area (Å²) < 4.78 is 16.1. The third kappa shape index (κ3) is 5.06. The number of rotatable bonds is 5. The van der Waals surface area contributed by atoms with Gasteiger partial charge in [-0.05, 0) is 79.4 Å². The molecule has 1 saturated carbocycles. The number of fused-ring (bicyclic) bond motifs is 1. The molecule has 2 atom stereocenters. The Morgan fingerprint density at radius 1 is 1.00 bits per heavy atom. The second-order valence-electron chi connectivity index (χ2n) is 10.6. The van der Waals surface area contributed by atoms with Crippen LogP contribution in [0.1, 0.15) is 49.4 Å². The number of hydrogen-bond donors (Lipinski definition) is 0. The van der Waals surface area contributed by atoms with Crippen molar-refractivity contribution in [3.8, 4) is 0 Å². The second-order valence-corrected chi connectivity index (χ2v) is 11.6. The molecule has 198 valence electrons. The summed E-state index contributed by atoms with van der Waals surface area (Å²) >= 11 is 1.47. The zero-order chi connectivity index (χ0) is 26.9. The van der Waals surface area contributed by atoms with E-state index in [1.165, 1.54) is 24.2 Å². The Balaban J connectivity index is 1.43. The normalized spacial score (nSPS) is 21.9. The first-order chi connectivity index (χ1) is 19.0. The van der Waals surface area contributed by atoms with Gasteiger partial charge < -0.3 is 4.57 Å². The van der Waals surface area contributed by atoms with Crippen LogP contribution >= 0.6 is 11.8 Å². The summed E-state index contributed by atoms with van der Waals surface area (Å²) in [5, 5.41) is 1.84. The maximum Gasteiger partial charge on any atom is 0.267 e. The monoisotopic (exact) mass is 537 g/mol. The highest BCUT2D eigenvalue weighted by atomic mass is 32.2. The molecule has 1 aliphatic carbocycles. The molecule has 1 amide bonds. The molecule has 4 nitrogen and oxygen atoms in total. The van der Waals surface area contributed by atoms with E-state index in [9.17, 15) is 9.18 Å². The largest absolute Gasteiger partial charge is 0.340 e. The fourth-order valence-electron chi connectivity index (χ4n) is 5.94. The molecule has 0 bridgehead atoms. The summed E-state index contributed by atoms with van der Waals surface area (Å²) in [5.74, 6) is 0.229. The average molecular weight is 538 g/mol. The summed E-state index contributed by atoms with van der Waals surface area (Å²) in [6, 6.07) is 25.0. The number of hydrogen-bond acceptors (Lipinski definition) is 3. The molecule has 6 rings (SSSR count). The Hall–Kier alpha value is -3.64. The van der Waals surface area contributed by atoms with Crippen molar-refractivity contribution < 1.29 is 9.18 Å². The lowest BCUT2D eigenvalue weighted by molar-refractivity contribution is -0.124. The Bertz CT molecular complexity index is 1590. The van der Waals surface area contributed by atoms with Gasteiger partial charge in [0.15, 0.2) is 5.17 Å². The second kappa shape index (κ2) is 10.9. The van der Waals surface area contributed by atoms with Crippen LogP contribution < -0.4 is 0 Å². The van der Waals surface area contributed by atoms with Crippen LogP contribution in [0.25, 0.3) is 17.0 Å². The minimum atomic E-state index is -0.237. The summed E-state index contributed by atoms with van der Waals surface area (Å²) in [7, 11) is 0. The number of thioether (sulfide) groups is 1. The fraction of sp³-hybridized carbons (Fsp3) is 0.273. The molecular formula is C33H32FN3OS. The number of carbonyl (C=O) groups is 1. The van der Waals surface area contributed by atoms with Gasteiger partial charge >= 0.3 is 0 Å². The molecule has 6 heteroatoms. The highest BCUT2D eigenvalue weighted by molar-refractivity contribution is 8.18. The SMILES string of the molecule is Cc1c(/C=C2\SC(=Nc3ccccc3)N([C@H]3CCCC[C@@H]3C)C2=O)c2ccccc2n1Cc1cccc(F)c1. The maximum absolute atomic E-state index is 14.0. The standard InChI is InChI=1S/C33H32FN3OS/c1-22-11-6-8-17-29(22)37-32(38)31(39-33(37)35-26-14-4-3-5-15-26)20-28-23(2)36(30-18-9-7-16-27(28)30)21-24-12-10-13-25(34)19-24/h3-5,7,9-10,12-16,18-20,22,29H,6,8,11,17,21H2,1-2H3/b31-20-,35-33?/t22-,29-/m0/s1. The van der Waals surface area contributed by atoms with Gasteiger partial charge in [-0.3, -0.25) is 9.69 Å². The van der Waals surface area contributed by atoms with Crippen LogP contribution in [0.5, 0.6) is 0 Å². The Morgan fingerprint density at radius 2 is 1.77 bits per heavy atom. The minimum absolute atomic E-state index is 0.0368. The van der Waals surface area contributed by atoms with Crippen LogP contribution in [0.2, 0.25) is 0 Å². The number of amides is 1. The third-order valence-electron chi connectivity index (χ3n) is 8.00. The van der Waals surface area contributed by atoms with Crippen molar-refractivity contribution in [3.05, 3.63) is 106 Å². The number of para-hydroxylation sites is 2. The molecule has 0 radical (unpaired) electrons. The van der Waals surface area contributed by atoms with Crippen LogP contribution in [0.15, 0.2) is 88.8 Å². The predicted molar refractivity (Wildman–Crippen MR) is 160 cm³/mol. The lowest BCUT2D eigenvalue weighted by atomic mass is 9.85. The molecule has 2 fully saturated rings. The Kier molecular flexibility index (Phi) is 7.13. The van der Waals surface area contributed by atoms with Crippen LogP contribution in [-0.4, -0.2) is 26.6 Å². The first kappa shape index (κ1) is 25.6. The summed E-state index contributed by atoms with van der Waals surface area (Å²) in [5.41, 5.74) is 4.89. The smallest absolute Gasteiger partial charge is 0.267 e. The van der Waals surface area contributed by atoms with Gasteiger partial charge in [-0.25, -0.2) is 9.38 Å². The van der Waals surface area contributed by atoms with Crippen LogP contribution in [-0.2, 0) is 11.3 Å². The van der Waals surface area contributed by atoms with E-state index < -0.39 is 0 Å². The van der Waals surface area contributed by atoms with E-state index in [4.69, 9.17) is 4.99 Å². The molecule has 2 heterocycles. The number of amidine groups is 1. The summed E-state index contributed by atoms with van der Waals surface area (Å²) in [4.78, 5) is 21.7.